The molecule has 1 fully saturated rings. The maximum Gasteiger partial charge on any atom is 0.295 e. The van der Waals surface area contributed by atoms with Crippen LogP contribution in [0.2, 0.25) is 5.02 Å². The lowest BCUT2D eigenvalue weighted by Crippen LogP contribution is -2.33. The van der Waals surface area contributed by atoms with E-state index in [0.29, 0.717) is 28.4 Å². The molecule has 0 saturated carbocycles. The quantitative estimate of drug-likeness (QED) is 0.459. The van der Waals surface area contributed by atoms with Crippen molar-refractivity contribution in [1.82, 2.24) is 4.90 Å². The highest BCUT2D eigenvalue weighted by atomic mass is 35.5. The van der Waals surface area contributed by atoms with Gasteiger partial charge in [0.1, 0.15) is 11.5 Å². The summed E-state index contributed by atoms with van der Waals surface area (Å²) in [5.41, 5.74) is 1.20. The Morgan fingerprint density at radius 1 is 1.18 bits per heavy atom. The highest BCUT2D eigenvalue weighted by molar-refractivity contribution is 6.46. The van der Waals surface area contributed by atoms with Gasteiger partial charge < -0.3 is 14.7 Å². The van der Waals surface area contributed by atoms with Gasteiger partial charge in [-0.3, -0.25) is 9.59 Å². The highest BCUT2D eigenvalue weighted by Crippen LogP contribution is 2.40. The second-order valence-electron chi connectivity index (χ2n) is 7.13. The molecule has 1 heterocycles. The predicted molar refractivity (Wildman–Crippen MR) is 108 cm³/mol. The third-order valence-electron chi connectivity index (χ3n) is 4.63. The minimum absolute atomic E-state index is 0.0706. The first kappa shape index (κ1) is 20.0. The molecule has 1 saturated heterocycles. The molecule has 6 heteroatoms. The lowest BCUT2D eigenvalue weighted by molar-refractivity contribution is -0.140. The van der Waals surface area contributed by atoms with Crippen molar-refractivity contribution in [3.8, 4) is 5.75 Å². The number of methoxy groups -OCH3 is 1. The molecule has 1 aliphatic heterocycles. The van der Waals surface area contributed by atoms with Crippen molar-refractivity contribution in [3.63, 3.8) is 0 Å². The van der Waals surface area contributed by atoms with Gasteiger partial charge >= 0.3 is 0 Å². The number of rotatable bonds is 5. The van der Waals surface area contributed by atoms with E-state index in [1.807, 2.05) is 19.9 Å². The van der Waals surface area contributed by atoms with Gasteiger partial charge in [0.05, 0.1) is 18.7 Å². The molecule has 0 radical (unpaired) electrons. The number of aliphatic hydroxyl groups is 1. The smallest absolute Gasteiger partial charge is 0.295 e. The number of ether oxygens (including phenoxy) is 1. The van der Waals surface area contributed by atoms with Crippen LogP contribution in [0.15, 0.2) is 54.1 Å². The molecule has 0 spiro atoms. The van der Waals surface area contributed by atoms with Gasteiger partial charge in [-0.1, -0.05) is 37.6 Å². The standard InChI is InChI=1S/C22H22ClNO4/c1-13(2)12-24-19(15-5-4-6-17(11-15)28-3)18(21(26)22(24)27)20(25)14-7-9-16(23)10-8-14/h4-11,13,19,25H,12H2,1-3H3/t19-/m1/s1. The Balaban J connectivity index is 2.19. The topological polar surface area (TPSA) is 66.8 Å². The van der Waals surface area contributed by atoms with E-state index in [1.165, 1.54) is 4.90 Å². The Morgan fingerprint density at radius 2 is 1.86 bits per heavy atom. The molecule has 3 rings (SSSR count). The fourth-order valence-electron chi connectivity index (χ4n) is 3.38. The largest absolute Gasteiger partial charge is 0.507 e. The number of ketones is 1. The van der Waals surface area contributed by atoms with Crippen molar-refractivity contribution in [1.29, 1.82) is 0 Å². The third kappa shape index (κ3) is 3.76. The first-order valence-electron chi connectivity index (χ1n) is 9.01. The summed E-state index contributed by atoms with van der Waals surface area (Å²) in [6.07, 6.45) is 0. The Morgan fingerprint density at radius 3 is 2.46 bits per heavy atom. The molecule has 1 atom stereocenters. The van der Waals surface area contributed by atoms with Gasteiger partial charge in [-0.05, 0) is 47.9 Å². The Hall–Kier alpha value is -2.79. The fraction of sp³-hybridized carbons (Fsp3) is 0.273. The number of hydrogen-bond acceptors (Lipinski definition) is 4. The van der Waals surface area contributed by atoms with E-state index in [2.05, 4.69) is 0 Å². The van der Waals surface area contributed by atoms with E-state index < -0.39 is 17.7 Å². The Labute approximate surface area is 169 Å². The van der Waals surface area contributed by atoms with Gasteiger partial charge in [0.15, 0.2) is 0 Å². The van der Waals surface area contributed by atoms with E-state index in [9.17, 15) is 14.7 Å². The van der Waals surface area contributed by atoms with Crippen molar-refractivity contribution in [2.24, 2.45) is 5.92 Å². The number of carbonyl (C=O) groups excluding carboxylic acids is 2. The maximum atomic E-state index is 12.9. The summed E-state index contributed by atoms with van der Waals surface area (Å²) in [5.74, 6) is -0.756. The lowest BCUT2D eigenvalue weighted by atomic mass is 9.95. The van der Waals surface area contributed by atoms with Gasteiger partial charge in [-0.2, -0.15) is 0 Å². The van der Waals surface area contributed by atoms with E-state index in [4.69, 9.17) is 16.3 Å². The maximum absolute atomic E-state index is 12.9. The van der Waals surface area contributed by atoms with E-state index in [-0.39, 0.29) is 17.3 Å². The van der Waals surface area contributed by atoms with Crippen LogP contribution < -0.4 is 4.74 Å². The summed E-state index contributed by atoms with van der Waals surface area (Å²) >= 11 is 5.93. The highest BCUT2D eigenvalue weighted by Gasteiger charge is 2.46. The molecule has 2 aromatic rings. The molecule has 28 heavy (non-hydrogen) atoms. The fourth-order valence-corrected chi connectivity index (χ4v) is 3.51. The number of hydrogen-bond donors (Lipinski definition) is 1. The van der Waals surface area contributed by atoms with Crippen LogP contribution in [-0.2, 0) is 9.59 Å². The molecule has 1 amide bonds. The summed E-state index contributed by atoms with van der Waals surface area (Å²) < 4.78 is 5.30. The van der Waals surface area contributed by atoms with E-state index in [1.54, 1.807) is 49.6 Å². The Bertz CT molecular complexity index is 934. The summed E-state index contributed by atoms with van der Waals surface area (Å²) in [7, 11) is 1.55. The molecule has 1 N–H and O–H groups in total. The first-order chi connectivity index (χ1) is 13.3. The van der Waals surface area contributed by atoms with Crippen molar-refractivity contribution in [2.45, 2.75) is 19.9 Å². The van der Waals surface area contributed by atoms with Crippen LogP contribution in [0.3, 0.4) is 0 Å². The lowest BCUT2D eigenvalue weighted by Gasteiger charge is -2.27. The molecule has 5 nitrogen and oxygen atoms in total. The number of Topliss-reactive ketones (excluding diaryl/α,β-unsaturated/α-hetero) is 1. The van der Waals surface area contributed by atoms with E-state index in [0.717, 1.165) is 0 Å². The Kier molecular flexibility index (Phi) is 5.75. The molecule has 0 aromatic heterocycles. The van der Waals surface area contributed by atoms with Gasteiger partial charge in [0.2, 0.25) is 0 Å². The number of aliphatic hydroxyl groups excluding tert-OH is 1. The minimum Gasteiger partial charge on any atom is -0.507 e. The zero-order valence-electron chi connectivity index (χ0n) is 16.0. The monoisotopic (exact) mass is 399 g/mol. The van der Waals surface area contributed by atoms with Gasteiger partial charge in [0.25, 0.3) is 11.7 Å². The number of benzene rings is 2. The number of carbonyl (C=O) groups is 2. The van der Waals surface area contributed by atoms with Crippen LogP contribution >= 0.6 is 11.6 Å². The van der Waals surface area contributed by atoms with Crippen LogP contribution in [0.25, 0.3) is 5.76 Å². The molecule has 0 bridgehead atoms. The van der Waals surface area contributed by atoms with Crippen LogP contribution in [0, 0.1) is 5.92 Å². The van der Waals surface area contributed by atoms with Crippen LogP contribution in [-0.4, -0.2) is 35.4 Å². The van der Waals surface area contributed by atoms with Crippen molar-refractivity contribution >= 4 is 29.1 Å². The predicted octanol–water partition coefficient (Wildman–Crippen LogP) is 4.43. The van der Waals surface area contributed by atoms with Gasteiger partial charge in [0, 0.05) is 17.1 Å². The average Bonchev–Trinajstić information content (AvgIpc) is 2.92. The summed E-state index contributed by atoms with van der Waals surface area (Å²) in [5, 5.41) is 11.4. The summed E-state index contributed by atoms with van der Waals surface area (Å²) in [6.45, 7) is 4.34. The van der Waals surface area contributed by atoms with Gasteiger partial charge in [-0.25, -0.2) is 0 Å². The first-order valence-corrected chi connectivity index (χ1v) is 9.39. The zero-order chi connectivity index (χ0) is 20.4. The van der Waals surface area contributed by atoms with Crippen molar-refractivity contribution in [2.75, 3.05) is 13.7 Å². The summed E-state index contributed by atoms with van der Waals surface area (Å²) in [6, 6.07) is 13.0. The summed E-state index contributed by atoms with van der Waals surface area (Å²) in [4.78, 5) is 27.1. The second kappa shape index (κ2) is 8.07. The van der Waals surface area contributed by atoms with Crippen LogP contribution in [0.1, 0.15) is 31.0 Å². The number of amides is 1. The minimum atomic E-state index is -0.694. The van der Waals surface area contributed by atoms with Crippen molar-refractivity contribution in [3.05, 3.63) is 70.3 Å². The number of halogens is 1. The normalized spacial score (nSPS) is 18.8. The molecular weight excluding hydrogens is 378 g/mol. The molecule has 0 unspecified atom stereocenters. The van der Waals surface area contributed by atoms with Crippen LogP contribution in [0.5, 0.6) is 5.75 Å². The van der Waals surface area contributed by atoms with Gasteiger partial charge in [-0.15, -0.1) is 0 Å². The molecule has 0 aliphatic carbocycles. The molecule has 146 valence electrons. The number of nitrogens with zero attached hydrogens (tertiary/aromatic N) is 1. The second-order valence-corrected chi connectivity index (χ2v) is 7.57. The van der Waals surface area contributed by atoms with Crippen molar-refractivity contribution < 1.29 is 19.4 Å². The third-order valence-corrected chi connectivity index (χ3v) is 4.88. The molecule has 1 aliphatic rings. The van der Waals surface area contributed by atoms with E-state index >= 15 is 0 Å². The zero-order valence-corrected chi connectivity index (χ0v) is 16.7. The molecule has 2 aromatic carbocycles. The van der Waals surface area contributed by atoms with Crippen LogP contribution in [0.4, 0.5) is 0 Å². The number of likely N-dealkylation sites (tertiary alicyclic amines) is 1. The molecular formula is C22H22ClNO4. The SMILES string of the molecule is COc1cccc([C@@H]2C(=C(O)c3ccc(Cl)cc3)C(=O)C(=O)N2CC(C)C)c1. The average molecular weight is 400 g/mol.